The summed E-state index contributed by atoms with van der Waals surface area (Å²) < 4.78 is 30.4. The zero-order chi connectivity index (χ0) is 15.2. The number of rotatable bonds is 3. The number of piperidine rings is 1. The second kappa shape index (κ2) is 5.23. The van der Waals surface area contributed by atoms with E-state index >= 15 is 0 Å². The highest BCUT2D eigenvalue weighted by Gasteiger charge is 2.45. The lowest BCUT2D eigenvalue weighted by Crippen LogP contribution is -2.40. The molecule has 5 heteroatoms. The molecule has 2 aliphatic heterocycles. The molecule has 0 saturated carbocycles. The Labute approximate surface area is 126 Å². The second-order valence-electron chi connectivity index (χ2n) is 6.18. The van der Waals surface area contributed by atoms with Crippen molar-refractivity contribution < 1.29 is 12.6 Å². The lowest BCUT2D eigenvalue weighted by atomic mass is 9.99. The summed E-state index contributed by atoms with van der Waals surface area (Å²) in [7, 11) is -1.65. The van der Waals surface area contributed by atoms with E-state index in [2.05, 4.69) is 11.5 Å². The number of aryl methyl sites for hydroxylation is 1. The van der Waals surface area contributed by atoms with Crippen molar-refractivity contribution in [3.63, 3.8) is 0 Å². The van der Waals surface area contributed by atoms with Gasteiger partial charge in [-0.3, -0.25) is 9.08 Å². The van der Waals surface area contributed by atoms with E-state index in [0.29, 0.717) is 6.04 Å². The van der Waals surface area contributed by atoms with Crippen LogP contribution in [-0.2, 0) is 14.3 Å². The Balaban J connectivity index is 1.80. The molecule has 0 spiro atoms. The number of nitrogens with zero attached hydrogens (tertiary/aromatic N) is 1. The van der Waals surface area contributed by atoms with Gasteiger partial charge in [-0.15, -0.1) is 0 Å². The van der Waals surface area contributed by atoms with Crippen molar-refractivity contribution >= 4 is 10.1 Å². The molecule has 1 aromatic rings. The first kappa shape index (κ1) is 14.8. The minimum absolute atomic E-state index is 0.122. The van der Waals surface area contributed by atoms with Crippen LogP contribution in [0.4, 0.5) is 0 Å². The highest BCUT2D eigenvalue weighted by molar-refractivity contribution is 7.86. The largest absolute Gasteiger partial charge is 0.297 e. The van der Waals surface area contributed by atoms with Crippen LogP contribution in [0.15, 0.2) is 41.3 Å². The third-order valence-corrected chi connectivity index (χ3v) is 5.96. The van der Waals surface area contributed by atoms with E-state index in [0.717, 1.165) is 24.8 Å². The fraction of sp³-hybridized carbons (Fsp3) is 0.500. The van der Waals surface area contributed by atoms with Crippen LogP contribution in [0.2, 0.25) is 0 Å². The maximum absolute atomic E-state index is 12.4. The number of hydrogen-bond donors (Lipinski definition) is 0. The number of fused-ring (bicyclic) bond motifs is 2. The van der Waals surface area contributed by atoms with Crippen molar-refractivity contribution in [2.75, 3.05) is 7.05 Å². The smallest absolute Gasteiger partial charge is 0.297 e. The summed E-state index contributed by atoms with van der Waals surface area (Å²) in [6, 6.07) is 7.27. The van der Waals surface area contributed by atoms with Gasteiger partial charge in [0.1, 0.15) is 0 Å². The van der Waals surface area contributed by atoms with Crippen molar-refractivity contribution in [3.05, 3.63) is 42.0 Å². The average Bonchev–Trinajstić information content (AvgIpc) is 2.59. The minimum atomic E-state index is -3.70. The van der Waals surface area contributed by atoms with Crippen LogP contribution in [0.3, 0.4) is 0 Å². The summed E-state index contributed by atoms with van der Waals surface area (Å²) in [5.74, 6) is 0. The fourth-order valence-electron chi connectivity index (χ4n) is 3.37. The van der Waals surface area contributed by atoms with Crippen LogP contribution in [0.1, 0.15) is 24.8 Å². The van der Waals surface area contributed by atoms with Gasteiger partial charge in [0.05, 0.1) is 11.0 Å². The normalized spacial score (nSPS) is 29.8. The zero-order valence-corrected chi connectivity index (χ0v) is 13.3. The van der Waals surface area contributed by atoms with Crippen molar-refractivity contribution in [1.82, 2.24) is 4.90 Å². The van der Waals surface area contributed by atoms with Crippen LogP contribution in [0.5, 0.6) is 0 Å². The fourth-order valence-corrected chi connectivity index (χ4v) is 4.48. The molecule has 0 aromatic heterocycles. The van der Waals surface area contributed by atoms with Gasteiger partial charge >= 0.3 is 0 Å². The van der Waals surface area contributed by atoms with E-state index in [4.69, 9.17) is 4.18 Å². The average molecular weight is 307 g/mol. The molecular formula is C16H21NO3S. The zero-order valence-electron chi connectivity index (χ0n) is 12.5. The SMILES string of the molecule is C=C1CC2C[C@H](OS(=O)(=O)c3ccc(C)cc3)C(C1)N2C. The van der Waals surface area contributed by atoms with Crippen LogP contribution >= 0.6 is 0 Å². The monoisotopic (exact) mass is 307 g/mol. The molecule has 0 amide bonds. The van der Waals surface area contributed by atoms with Gasteiger partial charge in [0.2, 0.25) is 0 Å². The molecule has 2 saturated heterocycles. The Morgan fingerprint density at radius 1 is 1.24 bits per heavy atom. The number of benzene rings is 1. The van der Waals surface area contributed by atoms with Gasteiger partial charge in [-0.05, 0) is 45.4 Å². The van der Waals surface area contributed by atoms with Gasteiger partial charge < -0.3 is 0 Å². The summed E-state index contributed by atoms with van der Waals surface area (Å²) in [5, 5.41) is 0. The maximum Gasteiger partial charge on any atom is 0.297 e. The second-order valence-corrected chi connectivity index (χ2v) is 7.75. The molecule has 3 atom stereocenters. The van der Waals surface area contributed by atoms with E-state index < -0.39 is 10.1 Å². The van der Waals surface area contributed by atoms with Crippen LogP contribution < -0.4 is 0 Å². The first-order valence-corrected chi connectivity index (χ1v) is 8.66. The molecular weight excluding hydrogens is 286 g/mol. The quantitative estimate of drug-likeness (QED) is 0.636. The predicted molar refractivity (Wildman–Crippen MR) is 81.6 cm³/mol. The Hall–Kier alpha value is -1.17. The van der Waals surface area contributed by atoms with E-state index in [1.807, 2.05) is 14.0 Å². The molecule has 2 bridgehead atoms. The van der Waals surface area contributed by atoms with Crippen molar-refractivity contribution in [2.24, 2.45) is 0 Å². The standard InChI is InChI=1S/C16H21NO3S/c1-11-4-6-14(7-5-11)21(18,19)20-16-10-13-8-12(2)9-15(16)17(13)3/h4-7,13,15-16H,2,8-10H2,1,3H3/t13?,15?,16-/m0/s1. The molecule has 0 N–H and O–H groups in total. The Kier molecular flexibility index (Phi) is 3.67. The Bertz CT molecular complexity index is 651. The summed E-state index contributed by atoms with van der Waals surface area (Å²) >= 11 is 0. The molecule has 4 nitrogen and oxygen atoms in total. The topological polar surface area (TPSA) is 46.6 Å². The highest BCUT2D eigenvalue weighted by Crippen LogP contribution is 2.39. The molecule has 2 unspecified atom stereocenters. The third kappa shape index (κ3) is 2.78. The Morgan fingerprint density at radius 3 is 2.57 bits per heavy atom. The molecule has 0 radical (unpaired) electrons. The first-order chi connectivity index (χ1) is 9.87. The van der Waals surface area contributed by atoms with Gasteiger partial charge in [-0.25, -0.2) is 0 Å². The summed E-state index contributed by atoms with van der Waals surface area (Å²) in [5.41, 5.74) is 2.23. The first-order valence-electron chi connectivity index (χ1n) is 7.25. The van der Waals surface area contributed by atoms with Crippen molar-refractivity contribution in [3.8, 4) is 0 Å². The molecule has 114 valence electrons. The minimum Gasteiger partial charge on any atom is -0.297 e. The molecule has 2 heterocycles. The van der Waals surface area contributed by atoms with E-state index in [1.54, 1.807) is 24.3 Å². The van der Waals surface area contributed by atoms with Gasteiger partial charge in [0.25, 0.3) is 10.1 Å². The van der Waals surface area contributed by atoms with Crippen molar-refractivity contribution in [2.45, 2.75) is 49.3 Å². The number of hydrogen-bond acceptors (Lipinski definition) is 4. The Morgan fingerprint density at radius 2 is 1.90 bits per heavy atom. The molecule has 2 fully saturated rings. The molecule has 1 aromatic carbocycles. The predicted octanol–water partition coefficient (Wildman–Crippen LogP) is 2.49. The summed E-state index contributed by atoms with van der Waals surface area (Å²) in [6.45, 7) is 5.99. The van der Waals surface area contributed by atoms with Crippen LogP contribution in [-0.4, -0.2) is 38.6 Å². The molecule has 2 aliphatic rings. The number of likely N-dealkylation sites (N-methyl/N-ethyl adjacent to an activating group) is 1. The maximum atomic E-state index is 12.4. The molecule has 0 aliphatic carbocycles. The van der Waals surface area contributed by atoms with Gasteiger partial charge in [0, 0.05) is 12.1 Å². The summed E-state index contributed by atoms with van der Waals surface area (Å²) in [6.07, 6.45) is 2.25. The van der Waals surface area contributed by atoms with Crippen LogP contribution in [0.25, 0.3) is 0 Å². The van der Waals surface area contributed by atoms with E-state index in [-0.39, 0.29) is 17.0 Å². The lowest BCUT2D eigenvalue weighted by Gasteiger charge is -2.33. The molecule has 21 heavy (non-hydrogen) atoms. The van der Waals surface area contributed by atoms with Crippen LogP contribution in [0, 0.1) is 6.92 Å². The van der Waals surface area contributed by atoms with Gasteiger partial charge in [-0.2, -0.15) is 8.42 Å². The van der Waals surface area contributed by atoms with Gasteiger partial charge in [-0.1, -0.05) is 29.8 Å². The van der Waals surface area contributed by atoms with Crippen molar-refractivity contribution in [1.29, 1.82) is 0 Å². The highest BCUT2D eigenvalue weighted by atomic mass is 32.2. The van der Waals surface area contributed by atoms with E-state index in [9.17, 15) is 8.42 Å². The third-order valence-electron chi connectivity index (χ3n) is 4.61. The lowest BCUT2D eigenvalue weighted by molar-refractivity contribution is 0.138. The summed E-state index contributed by atoms with van der Waals surface area (Å²) in [4.78, 5) is 2.47. The molecule has 3 rings (SSSR count). The van der Waals surface area contributed by atoms with E-state index in [1.165, 1.54) is 5.57 Å². The van der Waals surface area contributed by atoms with Gasteiger partial charge in [0.15, 0.2) is 0 Å².